The minimum atomic E-state index is -0.926. The van der Waals surface area contributed by atoms with Gasteiger partial charge in [0.25, 0.3) is 0 Å². The lowest BCUT2D eigenvalue weighted by Gasteiger charge is -2.28. The summed E-state index contributed by atoms with van der Waals surface area (Å²) in [5.74, 6) is -0.217. The molecule has 1 saturated heterocycles. The third-order valence-electron chi connectivity index (χ3n) is 2.99. The Kier molecular flexibility index (Phi) is 3.12. The predicted molar refractivity (Wildman–Crippen MR) is 60.9 cm³/mol. The van der Waals surface area contributed by atoms with Gasteiger partial charge in [0.1, 0.15) is 6.04 Å². The van der Waals surface area contributed by atoms with Crippen LogP contribution in [0.3, 0.4) is 0 Å². The third kappa shape index (κ3) is 2.04. The first kappa shape index (κ1) is 11.7. The fourth-order valence-electron chi connectivity index (χ4n) is 1.98. The highest BCUT2D eigenvalue weighted by atomic mass is 32.2. The van der Waals surface area contributed by atoms with Gasteiger partial charge in [-0.3, -0.25) is 4.79 Å². The number of thioether (sulfide) groups is 1. The summed E-state index contributed by atoms with van der Waals surface area (Å²) in [5.41, 5.74) is 5.57. The van der Waals surface area contributed by atoms with Gasteiger partial charge in [0.2, 0.25) is 5.91 Å². The molecule has 1 heterocycles. The third-order valence-corrected chi connectivity index (χ3v) is 4.45. The van der Waals surface area contributed by atoms with Crippen LogP contribution in [-0.2, 0) is 9.59 Å². The Morgan fingerprint density at radius 1 is 1.50 bits per heavy atom. The maximum absolute atomic E-state index is 11.9. The Morgan fingerprint density at radius 3 is 2.56 bits per heavy atom. The summed E-state index contributed by atoms with van der Waals surface area (Å²) in [4.78, 5) is 24.5. The normalized spacial score (nSPS) is 31.5. The van der Waals surface area contributed by atoms with E-state index in [4.69, 9.17) is 10.8 Å². The summed E-state index contributed by atoms with van der Waals surface area (Å²) in [6.07, 6.45) is 2.18. The Hall–Kier alpha value is -0.750. The van der Waals surface area contributed by atoms with Crippen molar-refractivity contribution in [1.29, 1.82) is 0 Å². The van der Waals surface area contributed by atoms with Crippen LogP contribution in [0.5, 0.6) is 0 Å². The minimum absolute atomic E-state index is 0.0274. The molecule has 16 heavy (non-hydrogen) atoms. The fraction of sp³-hybridized carbons (Fsp3) is 0.800. The summed E-state index contributed by atoms with van der Waals surface area (Å²) in [7, 11) is 0. The maximum atomic E-state index is 11.9. The lowest BCUT2D eigenvalue weighted by molar-refractivity contribution is -0.149. The van der Waals surface area contributed by atoms with Crippen LogP contribution in [0.4, 0.5) is 0 Å². The van der Waals surface area contributed by atoms with Crippen molar-refractivity contribution in [2.24, 2.45) is 11.7 Å². The van der Waals surface area contributed by atoms with E-state index in [2.05, 4.69) is 0 Å². The smallest absolute Gasteiger partial charge is 0.327 e. The van der Waals surface area contributed by atoms with Gasteiger partial charge in [0.15, 0.2) is 0 Å². The second kappa shape index (κ2) is 4.25. The molecule has 3 atom stereocenters. The zero-order valence-corrected chi connectivity index (χ0v) is 9.94. The number of hydrogen-bond donors (Lipinski definition) is 2. The summed E-state index contributed by atoms with van der Waals surface area (Å²) in [6.45, 7) is 1.61. The van der Waals surface area contributed by atoms with Crippen molar-refractivity contribution >= 4 is 23.6 Å². The summed E-state index contributed by atoms with van der Waals surface area (Å²) >= 11 is 1.57. The molecule has 0 aromatic heterocycles. The Balaban J connectivity index is 2.17. The number of carboxylic acid groups (broad SMARTS) is 1. The summed E-state index contributed by atoms with van der Waals surface area (Å²) in [5, 5.41) is 9.11. The van der Waals surface area contributed by atoms with E-state index >= 15 is 0 Å². The number of carbonyl (C=O) groups is 2. The molecule has 0 spiro atoms. The summed E-state index contributed by atoms with van der Waals surface area (Å²) in [6, 6.07) is -1.32. The van der Waals surface area contributed by atoms with Crippen LogP contribution in [0.15, 0.2) is 0 Å². The molecule has 2 rings (SSSR count). The quantitative estimate of drug-likeness (QED) is 0.735. The van der Waals surface area contributed by atoms with E-state index in [0.29, 0.717) is 11.7 Å². The molecule has 3 N–H and O–H groups in total. The van der Waals surface area contributed by atoms with Crippen molar-refractivity contribution in [2.75, 3.05) is 5.75 Å². The van der Waals surface area contributed by atoms with Crippen LogP contribution in [0.1, 0.15) is 19.8 Å². The molecule has 0 aromatic carbocycles. The van der Waals surface area contributed by atoms with Crippen molar-refractivity contribution < 1.29 is 14.7 Å². The molecule has 1 aliphatic heterocycles. The van der Waals surface area contributed by atoms with Gasteiger partial charge in [-0.2, -0.15) is 0 Å². The number of rotatable bonds is 3. The van der Waals surface area contributed by atoms with Crippen molar-refractivity contribution in [1.82, 2.24) is 4.90 Å². The van der Waals surface area contributed by atoms with Crippen LogP contribution in [0, 0.1) is 5.92 Å². The second-order valence-corrected chi connectivity index (χ2v) is 5.60. The van der Waals surface area contributed by atoms with Crippen LogP contribution >= 0.6 is 11.8 Å². The van der Waals surface area contributed by atoms with Gasteiger partial charge in [-0.05, 0) is 25.7 Å². The topological polar surface area (TPSA) is 83.6 Å². The zero-order chi connectivity index (χ0) is 11.9. The van der Waals surface area contributed by atoms with Crippen LogP contribution < -0.4 is 5.73 Å². The lowest BCUT2D eigenvalue weighted by Crippen LogP contribution is -2.51. The SMILES string of the molecule is C[C@H](N)C(=O)N1C(C(=O)O)CSC1C1CC1. The molecule has 1 amide bonds. The number of nitrogens with zero attached hydrogens (tertiary/aromatic N) is 1. The van der Waals surface area contributed by atoms with E-state index in [9.17, 15) is 9.59 Å². The number of hydrogen-bond acceptors (Lipinski definition) is 4. The molecule has 1 saturated carbocycles. The average Bonchev–Trinajstić information content (AvgIpc) is 2.95. The van der Waals surface area contributed by atoms with E-state index in [-0.39, 0.29) is 11.3 Å². The molecule has 0 radical (unpaired) electrons. The average molecular weight is 244 g/mol. The lowest BCUT2D eigenvalue weighted by atomic mass is 10.2. The standard InChI is InChI=1S/C10H16N2O3S/c1-5(11)8(13)12-7(10(14)15)4-16-9(12)6-2-3-6/h5-7,9H,2-4,11H2,1H3,(H,14,15)/t5-,7?,9?/m0/s1. The van der Waals surface area contributed by atoms with Crippen molar-refractivity contribution in [3.8, 4) is 0 Å². The fourth-order valence-corrected chi connectivity index (χ4v) is 3.62. The highest BCUT2D eigenvalue weighted by molar-refractivity contribution is 8.00. The number of carbonyl (C=O) groups excluding carboxylic acids is 1. The van der Waals surface area contributed by atoms with Gasteiger partial charge in [0, 0.05) is 5.75 Å². The molecule has 2 aliphatic rings. The predicted octanol–water partition coefficient (Wildman–Crippen LogP) is 0.0983. The molecule has 0 aromatic rings. The van der Waals surface area contributed by atoms with E-state index < -0.39 is 18.1 Å². The Labute approximate surface area is 98.4 Å². The Bertz CT molecular complexity index is 317. The highest BCUT2D eigenvalue weighted by Gasteiger charge is 2.48. The van der Waals surface area contributed by atoms with E-state index in [0.717, 1.165) is 12.8 Å². The zero-order valence-electron chi connectivity index (χ0n) is 9.13. The first-order valence-corrected chi connectivity index (χ1v) is 6.49. The van der Waals surface area contributed by atoms with Crippen molar-refractivity contribution in [2.45, 2.75) is 37.2 Å². The molecule has 6 heteroatoms. The van der Waals surface area contributed by atoms with Crippen LogP contribution in [-0.4, -0.2) is 45.1 Å². The van der Waals surface area contributed by atoms with Gasteiger partial charge >= 0.3 is 5.97 Å². The number of aliphatic carboxylic acids is 1. The minimum Gasteiger partial charge on any atom is -0.480 e. The maximum Gasteiger partial charge on any atom is 0.327 e. The van der Waals surface area contributed by atoms with Gasteiger partial charge in [-0.1, -0.05) is 0 Å². The van der Waals surface area contributed by atoms with Gasteiger partial charge in [0.05, 0.1) is 11.4 Å². The molecular formula is C10H16N2O3S. The van der Waals surface area contributed by atoms with Crippen LogP contribution in [0.2, 0.25) is 0 Å². The summed E-state index contributed by atoms with van der Waals surface area (Å²) < 4.78 is 0. The number of nitrogens with two attached hydrogens (primary N) is 1. The molecule has 1 aliphatic carbocycles. The van der Waals surface area contributed by atoms with E-state index in [1.807, 2.05) is 0 Å². The van der Waals surface area contributed by atoms with Crippen molar-refractivity contribution in [3.05, 3.63) is 0 Å². The largest absolute Gasteiger partial charge is 0.480 e. The van der Waals surface area contributed by atoms with Gasteiger partial charge in [-0.25, -0.2) is 4.79 Å². The van der Waals surface area contributed by atoms with Crippen LogP contribution in [0.25, 0.3) is 0 Å². The van der Waals surface area contributed by atoms with E-state index in [1.165, 1.54) is 4.90 Å². The highest BCUT2D eigenvalue weighted by Crippen LogP contribution is 2.45. The molecule has 0 bridgehead atoms. The molecule has 5 nitrogen and oxygen atoms in total. The monoisotopic (exact) mass is 244 g/mol. The molecule has 90 valence electrons. The molecule has 2 unspecified atom stereocenters. The number of amides is 1. The second-order valence-electron chi connectivity index (χ2n) is 4.45. The first-order chi connectivity index (χ1) is 7.52. The first-order valence-electron chi connectivity index (χ1n) is 5.44. The van der Waals surface area contributed by atoms with Gasteiger partial charge in [-0.15, -0.1) is 11.8 Å². The van der Waals surface area contributed by atoms with E-state index in [1.54, 1.807) is 18.7 Å². The Morgan fingerprint density at radius 2 is 2.12 bits per heavy atom. The van der Waals surface area contributed by atoms with Crippen molar-refractivity contribution in [3.63, 3.8) is 0 Å². The number of carboxylic acids is 1. The van der Waals surface area contributed by atoms with Gasteiger partial charge < -0.3 is 15.7 Å². The molecular weight excluding hydrogens is 228 g/mol. The molecule has 2 fully saturated rings.